The average molecular weight is 529 g/mol. The van der Waals surface area contributed by atoms with E-state index in [0.717, 1.165) is 11.3 Å². The van der Waals surface area contributed by atoms with E-state index in [1.807, 2.05) is 25.1 Å². The number of nitrogens with two attached hydrogens (primary N) is 1. The molecule has 1 heterocycles. The van der Waals surface area contributed by atoms with Crippen LogP contribution in [0.15, 0.2) is 18.2 Å². The second-order valence-corrected chi connectivity index (χ2v) is 9.94. The molecular formula is C25H44N4O6S. The summed E-state index contributed by atoms with van der Waals surface area (Å²) in [6.45, 7) is 12.8. The Hall–Kier alpha value is -1.44. The fourth-order valence-electron chi connectivity index (χ4n) is 3.38. The minimum absolute atomic E-state index is 0.0504. The lowest BCUT2D eigenvalue weighted by Gasteiger charge is -2.15. The van der Waals surface area contributed by atoms with E-state index in [1.165, 1.54) is 0 Å². The Balaban J connectivity index is 1.44. The zero-order valence-corrected chi connectivity index (χ0v) is 22.7. The molecule has 10 nitrogen and oxygen atoms in total. The van der Waals surface area contributed by atoms with Crippen LogP contribution in [-0.2, 0) is 23.7 Å². The van der Waals surface area contributed by atoms with Gasteiger partial charge >= 0.3 is 0 Å². The van der Waals surface area contributed by atoms with Gasteiger partial charge in [-0.05, 0) is 37.6 Å². The third-order valence-electron chi connectivity index (χ3n) is 5.53. The van der Waals surface area contributed by atoms with Crippen molar-refractivity contribution in [3.8, 4) is 0 Å². The number of ether oxygens (including phenoxy) is 5. The Morgan fingerprint density at radius 3 is 1.97 bits per heavy atom. The van der Waals surface area contributed by atoms with E-state index in [2.05, 4.69) is 29.8 Å². The van der Waals surface area contributed by atoms with Crippen molar-refractivity contribution >= 4 is 23.4 Å². The molecule has 1 aromatic rings. The minimum atomic E-state index is -0.0587. The van der Waals surface area contributed by atoms with Crippen molar-refractivity contribution in [1.29, 1.82) is 0 Å². The SMILES string of the molecule is Cc1cc(NCCOCCOCCOCCOCCOCCN)ccc1C(=O)NC1NC(C)C(C)S1. The molecule has 0 aliphatic carbocycles. The van der Waals surface area contributed by atoms with Crippen LogP contribution in [0.4, 0.5) is 5.69 Å². The number of hydrogen-bond acceptors (Lipinski definition) is 10. The summed E-state index contributed by atoms with van der Waals surface area (Å²) in [5.41, 5.74) is 7.86. The molecule has 1 amide bonds. The fraction of sp³-hybridized carbons (Fsp3) is 0.720. The maximum atomic E-state index is 12.6. The van der Waals surface area contributed by atoms with Crippen molar-refractivity contribution in [1.82, 2.24) is 10.6 Å². The van der Waals surface area contributed by atoms with E-state index >= 15 is 0 Å². The number of benzene rings is 1. The van der Waals surface area contributed by atoms with Gasteiger partial charge in [-0.2, -0.15) is 0 Å². The molecule has 1 saturated heterocycles. The summed E-state index contributed by atoms with van der Waals surface area (Å²) in [4.78, 5) is 12.6. The Labute approximate surface area is 219 Å². The molecule has 2 rings (SSSR count). The second-order valence-electron chi connectivity index (χ2n) is 8.46. The third-order valence-corrected chi connectivity index (χ3v) is 6.89. The van der Waals surface area contributed by atoms with E-state index in [9.17, 15) is 4.79 Å². The Kier molecular flexibility index (Phi) is 16.0. The number of anilines is 1. The molecule has 0 bridgehead atoms. The molecule has 1 aromatic carbocycles. The van der Waals surface area contributed by atoms with Gasteiger partial charge in [-0.1, -0.05) is 6.92 Å². The lowest BCUT2D eigenvalue weighted by Crippen LogP contribution is -2.42. The smallest absolute Gasteiger partial charge is 0.253 e. The van der Waals surface area contributed by atoms with Crippen molar-refractivity contribution in [3.63, 3.8) is 0 Å². The van der Waals surface area contributed by atoms with Crippen molar-refractivity contribution in [2.24, 2.45) is 5.73 Å². The Morgan fingerprint density at radius 1 is 0.917 bits per heavy atom. The Morgan fingerprint density at radius 2 is 1.47 bits per heavy atom. The zero-order chi connectivity index (χ0) is 26.0. The summed E-state index contributed by atoms with van der Waals surface area (Å²) in [5, 5.41) is 10.2. The van der Waals surface area contributed by atoms with Gasteiger partial charge < -0.3 is 40.1 Å². The van der Waals surface area contributed by atoms with Gasteiger partial charge in [0, 0.05) is 35.6 Å². The van der Waals surface area contributed by atoms with Crippen LogP contribution < -0.4 is 21.7 Å². The Bertz CT molecular complexity index is 735. The van der Waals surface area contributed by atoms with Crippen molar-refractivity contribution in [2.75, 3.05) is 84.5 Å². The molecule has 11 heteroatoms. The third kappa shape index (κ3) is 12.7. The molecule has 3 unspecified atom stereocenters. The van der Waals surface area contributed by atoms with Gasteiger partial charge in [0.25, 0.3) is 5.91 Å². The topological polar surface area (TPSA) is 125 Å². The van der Waals surface area contributed by atoms with Gasteiger partial charge in [-0.15, -0.1) is 11.8 Å². The minimum Gasteiger partial charge on any atom is -0.383 e. The molecule has 1 aliphatic heterocycles. The first kappa shape index (κ1) is 30.8. The van der Waals surface area contributed by atoms with E-state index < -0.39 is 0 Å². The molecule has 0 spiro atoms. The molecule has 0 saturated carbocycles. The summed E-state index contributed by atoms with van der Waals surface area (Å²) in [6.07, 6.45) is 0. The number of hydrogen-bond donors (Lipinski definition) is 4. The first-order chi connectivity index (χ1) is 17.5. The van der Waals surface area contributed by atoms with Crippen molar-refractivity contribution < 1.29 is 28.5 Å². The van der Waals surface area contributed by atoms with Crippen molar-refractivity contribution in [2.45, 2.75) is 37.6 Å². The van der Waals surface area contributed by atoms with E-state index in [-0.39, 0.29) is 11.4 Å². The molecule has 1 fully saturated rings. The number of carbonyl (C=O) groups excluding carboxylic acids is 1. The highest BCUT2D eigenvalue weighted by Crippen LogP contribution is 2.25. The maximum absolute atomic E-state index is 12.6. The van der Waals surface area contributed by atoms with E-state index in [0.29, 0.717) is 96.0 Å². The van der Waals surface area contributed by atoms with Gasteiger partial charge in [0.1, 0.15) is 5.50 Å². The van der Waals surface area contributed by atoms with Crippen LogP contribution in [0.2, 0.25) is 0 Å². The van der Waals surface area contributed by atoms with Crippen LogP contribution in [0.25, 0.3) is 0 Å². The summed E-state index contributed by atoms with van der Waals surface area (Å²) in [7, 11) is 0. The van der Waals surface area contributed by atoms with Gasteiger partial charge in [-0.3, -0.25) is 10.1 Å². The standard InChI is InChI=1S/C25H44N4O6S/c1-19-18-22(4-5-23(19)24(30)29-25-28-20(2)21(3)36-25)27-7-9-32-11-13-34-15-17-35-16-14-33-12-10-31-8-6-26/h4-5,18,20-21,25,27-28H,6-17,26H2,1-3H3,(H,29,30). The lowest BCUT2D eigenvalue weighted by molar-refractivity contribution is -0.00985. The van der Waals surface area contributed by atoms with E-state index in [4.69, 9.17) is 29.4 Å². The first-order valence-electron chi connectivity index (χ1n) is 12.7. The van der Waals surface area contributed by atoms with E-state index in [1.54, 1.807) is 11.8 Å². The number of nitrogens with one attached hydrogen (secondary N) is 3. The number of thioether (sulfide) groups is 1. The zero-order valence-electron chi connectivity index (χ0n) is 21.9. The highest BCUT2D eigenvalue weighted by Gasteiger charge is 2.29. The monoisotopic (exact) mass is 528 g/mol. The van der Waals surface area contributed by atoms with Crippen LogP contribution in [0.3, 0.4) is 0 Å². The van der Waals surface area contributed by atoms with Crippen LogP contribution >= 0.6 is 11.8 Å². The summed E-state index contributed by atoms with van der Waals surface area (Å²) >= 11 is 1.74. The molecule has 0 radical (unpaired) electrons. The first-order valence-corrected chi connectivity index (χ1v) is 13.6. The highest BCUT2D eigenvalue weighted by atomic mass is 32.2. The second kappa shape index (κ2) is 18.8. The average Bonchev–Trinajstić information content (AvgIpc) is 3.17. The molecule has 0 aromatic heterocycles. The molecular weight excluding hydrogens is 484 g/mol. The summed E-state index contributed by atoms with van der Waals surface area (Å²) in [6, 6.07) is 6.15. The lowest BCUT2D eigenvalue weighted by atomic mass is 10.1. The molecule has 3 atom stereocenters. The van der Waals surface area contributed by atoms with Crippen LogP contribution in [-0.4, -0.2) is 102 Å². The summed E-state index contributed by atoms with van der Waals surface area (Å²) in [5.74, 6) is -0.0587. The predicted molar refractivity (Wildman–Crippen MR) is 144 cm³/mol. The normalized spacial score (nSPS) is 19.5. The number of carbonyl (C=O) groups is 1. The van der Waals surface area contributed by atoms with Gasteiger partial charge in [0.05, 0.1) is 66.1 Å². The molecule has 206 valence electrons. The molecule has 1 aliphatic rings. The van der Waals surface area contributed by atoms with Gasteiger partial charge in [0.2, 0.25) is 0 Å². The quantitative estimate of drug-likeness (QED) is 0.185. The number of aryl methyl sites for hydroxylation is 1. The predicted octanol–water partition coefficient (Wildman–Crippen LogP) is 1.58. The molecule has 5 N–H and O–H groups in total. The van der Waals surface area contributed by atoms with Crippen LogP contribution in [0.1, 0.15) is 29.8 Å². The number of rotatable bonds is 20. The fourth-order valence-corrected chi connectivity index (χ4v) is 4.59. The van der Waals surface area contributed by atoms with Gasteiger partial charge in [-0.25, -0.2) is 0 Å². The number of amides is 1. The summed E-state index contributed by atoms with van der Waals surface area (Å²) < 4.78 is 27.1. The van der Waals surface area contributed by atoms with Gasteiger partial charge in [0.15, 0.2) is 0 Å². The van der Waals surface area contributed by atoms with Crippen LogP contribution in [0, 0.1) is 6.92 Å². The van der Waals surface area contributed by atoms with Crippen LogP contribution in [0.5, 0.6) is 0 Å². The van der Waals surface area contributed by atoms with Crippen molar-refractivity contribution in [3.05, 3.63) is 29.3 Å². The largest absolute Gasteiger partial charge is 0.383 e. The molecule has 36 heavy (non-hydrogen) atoms. The highest BCUT2D eigenvalue weighted by molar-refractivity contribution is 8.00. The maximum Gasteiger partial charge on any atom is 0.253 e.